The second kappa shape index (κ2) is 7.61. The molecule has 1 amide bonds. The van der Waals surface area contributed by atoms with E-state index in [0.29, 0.717) is 10.8 Å². The van der Waals surface area contributed by atoms with Gasteiger partial charge < -0.3 is 4.74 Å². The molecule has 22 heavy (non-hydrogen) atoms. The Morgan fingerprint density at radius 1 is 1.14 bits per heavy atom. The van der Waals surface area contributed by atoms with E-state index in [-0.39, 0.29) is 5.91 Å². The van der Waals surface area contributed by atoms with Gasteiger partial charge in [0, 0.05) is 5.02 Å². The summed E-state index contributed by atoms with van der Waals surface area (Å²) in [5.74, 6) is 0.265. The fourth-order valence-corrected chi connectivity index (χ4v) is 1.87. The van der Waals surface area contributed by atoms with Crippen molar-refractivity contribution in [1.82, 2.24) is 5.43 Å². The van der Waals surface area contributed by atoms with Crippen LogP contribution in [0, 0.1) is 0 Å². The normalized spacial score (nSPS) is 12.6. The molecule has 114 valence electrons. The van der Waals surface area contributed by atoms with E-state index in [9.17, 15) is 4.79 Å². The van der Waals surface area contributed by atoms with Gasteiger partial charge in [0.05, 0.1) is 5.71 Å². The third kappa shape index (κ3) is 4.60. The summed E-state index contributed by atoms with van der Waals surface area (Å²) in [6.45, 7) is 3.50. The van der Waals surface area contributed by atoms with Crippen LogP contribution in [0.5, 0.6) is 5.75 Å². The summed E-state index contributed by atoms with van der Waals surface area (Å²) in [7, 11) is 0. The van der Waals surface area contributed by atoms with Gasteiger partial charge in [-0.1, -0.05) is 41.9 Å². The number of amides is 1. The van der Waals surface area contributed by atoms with Gasteiger partial charge in [0.1, 0.15) is 5.75 Å². The van der Waals surface area contributed by atoms with E-state index in [0.717, 1.165) is 11.3 Å². The van der Waals surface area contributed by atoms with Crippen LogP contribution in [0.15, 0.2) is 59.7 Å². The molecule has 2 aromatic carbocycles. The molecule has 1 atom stereocenters. The highest BCUT2D eigenvalue weighted by Crippen LogP contribution is 2.16. The molecule has 0 heterocycles. The van der Waals surface area contributed by atoms with Gasteiger partial charge in [-0.25, -0.2) is 5.43 Å². The number of nitrogens with zero attached hydrogens (tertiary/aromatic N) is 1. The SMILES string of the molecule is C/C(=N/NC(=O)[C@H](C)Oc1ccc(Cl)cc1)c1ccccc1. The van der Waals surface area contributed by atoms with Crippen molar-refractivity contribution in [3.05, 3.63) is 65.2 Å². The van der Waals surface area contributed by atoms with Crippen LogP contribution in [-0.2, 0) is 4.79 Å². The number of benzene rings is 2. The van der Waals surface area contributed by atoms with Crippen molar-refractivity contribution in [2.75, 3.05) is 0 Å². The van der Waals surface area contributed by atoms with Gasteiger partial charge in [-0.15, -0.1) is 0 Å². The summed E-state index contributed by atoms with van der Waals surface area (Å²) in [5, 5.41) is 4.71. The maximum atomic E-state index is 12.0. The molecule has 0 fully saturated rings. The molecule has 0 aliphatic carbocycles. The van der Waals surface area contributed by atoms with Crippen molar-refractivity contribution in [3.8, 4) is 5.75 Å². The maximum Gasteiger partial charge on any atom is 0.280 e. The van der Waals surface area contributed by atoms with Crippen LogP contribution in [0.4, 0.5) is 0 Å². The fourth-order valence-electron chi connectivity index (χ4n) is 1.74. The van der Waals surface area contributed by atoms with Gasteiger partial charge in [0.15, 0.2) is 6.10 Å². The summed E-state index contributed by atoms with van der Waals surface area (Å²) >= 11 is 5.80. The molecular formula is C17H17ClN2O2. The van der Waals surface area contributed by atoms with E-state index in [1.165, 1.54) is 0 Å². The molecule has 5 heteroatoms. The highest BCUT2D eigenvalue weighted by Gasteiger charge is 2.14. The molecular weight excluding hydrogens is 300 g/mol. The van der Waals surface area contributed by atoms with E-state index in [1.807, 2.05) is 37.3 Å². The van der Waals surface area contributed by atoms with Gasteiger partial charge >= 0.3 is 0 Å². The minimum atomic E-state index is -0.659. The zero-order chi connectivity index (χ0) is 15.9. The second-order valence-electron chi connectivity index (χ2n) is 4.75. The number of hydrogen-bond acceptors (Lipinski definition) is 3. The lowest BCUT2D eigenvalue weighted by Crippen LogP contribution is -2.33. The van der Waals surface area contributed by atoms with Crippen molar-refractivity contribution in [2.24, 2.45) is 5.10 Å². The van der Waals surface area contributed by atoms with Crippen LogP contribution in [0.3, 0.4) is 0 Å². The first-order valence-electron chi connectivity index (χ1n) is 6.88. The predicted octanol–water partition coefficient (Wildman–Crippen LogP) is 3.65. The number of nitrogens with one attached hydrogen (secondary N) is 1. The largest absolute Gasteiger partial charge is 0.481 e. The van der Waals surface area contributed by atoms with E-state index in [2.05, 4.69) is 10.5 Å². The average Bonchev–Trinajstić information content (AvgIpc) is 2.55. The molecule has 0 spiro atoms. The van der Waals surface area contributed by atoms with Gasteiger partial charge in [0.25, 0.3) is 5.91 Å². The number of halogens is 1. The summed E-state index contributed by atoms with van der Waals surface area (Å²) in [5.41, 5.74) is 4.19. The minimum Gasteiger partial charge on any atom is -0.481 e. The Labute approximate surface area is 134 Å². The Kier molecular flexibility index (Phi) is 5.55. The Balaban J connectivity index is 1.92. The number of carbonyl (C=O) groups excluding carboxylic acids is 1. The molecule has 0 aromatic heterocycles. The lowest BCUT2D eigenvalue weighted by Gasteiger charge is -2.13. The first-order valence-corrected chi connectivity index (χ1v) is 7.26. The quantitative estimate of drug-likeness (QED) is 0.676. The molecule has 4 nitrogen and oxygen atoms in total. The van der Waals surface area contributed by atoms with E-state index < -0.39 is 6.10 Å². The molecule has 2 rings (SSSR count). The Morgan fingerprint density at radius 3 is 2.41 bits per heavy atom. The molecule has 0 saturated carbocycles. The zero-order valence-corrected chi connectivity index (χ0v) is 13.2. The number of carbonyl (C=O) groups is 1. The fraction of sp³-hybridized carbons (Fsp3) is 0.176. The third-order valence-corrected chi connectivity index (χ3v) is 3.27. The highest BCUT2D eigenvalue weighted by atomic mass is 35.5. The number of hydrazone groups is 1. The van der Waals surface area contributed by atoms with Crippen molar-refractivity contribution in [1.29, 1.82) is 0 Å². The summed E-state index contributed by atoms with van der Waals surface area (Å²) < 4.78 is 5.53. The van der Waals surface area contributed by atoms with E-state index in [4.69, 9.17) is 16.3 Å². The Hall–Kier alpha value is -2.33. The lowest BCUT2D eigenvalue weighted by molar-refractivity contribution is -0.127. The second-order valence-corrected chi connectivity index (χ2v) is 5.19. The molecule has 2 aromatic rings. The Bertz CT molecular complexity index is 654. The van der Waals surface area contributed by atoms with Crippen molar-refractivity contribution < 1.29 is 9.53 Å². The van der Waals surface area contributed by atoms with Crippen LogP contribution >= 0.6 is 11.6 Å². The molecule has 0 saturated heterocycles. The van der Waals surface area contributed by atoms with Gasteiger partial charge in [-0.3, -0.25) is 4.79 Å². The smallest absolute Gasteiger partial charge is 0.280 e. The molecule has 0 bridgehead atoms. The number of hydrogen-bond donors (Lipinski definition) is 1. The van der Waals surface area contributed by atoms with Crippen LogP contribution in [0.1, 0.15) is 19.4 Å². The number of ether oxygens (including phenoxy) is 1. The third-order valence-electron chi connectivity index (χ3n) is 3.02. The average molecular weight is 317 g/mol. The monoisotopic (exact) mass is 316 g/mol. The van der Waals surface area contributed by atoms with E-state index >= 15 is 0 Å². The standard InChI is InChI=1S/C17H17ClN2O2/c1-12(14-6-4-3-5-7-14)19-20-17(21)13(2)22-16-10-8-15(18)9-11-16/h3-11,13H,1-2H3,(H,20,21)/b19-12-/t13-/m0/s1. The summed E-state index contributed by atoms with van der Waals surface area (Å²) in [6, 6.07) is 16.5. The van der Waals surface area contributed by atoms with Crippen LogP contribution in [0.25, 0.3) is 0 Å². The van der Waals surface area contributed by atoms with Crippen molar-refractivity contribution >= 4 is 23.2 Å². The molecule has 0 aliphatic heterocycles. The molecule has 0 radical (unpaired) electrons. The topological polar surface area (TPSA) is 50.7 Å². The predicted molar refractivity (Wildman–Crippen MR) is 88.3 cm³/mol. The summed E-state index contributed by atoms with van der Waals surface area (Å²) in [6.07, 6.45) is -0.659. The first-order chi connectivity index (χ1) is 10.6. The molecule has 1 N–H and O–H groups in total. The van der Waals surface area contributed by atoms with Gasteiger partial charge in [-0.05, 0) is 43.7 Å². The van der Waals surface area contributed by atoms with Crippen LogP contribution in [0.2, 0.25) is 5.02 Å². The van der Waals surface area contributed by atoms with Crippen molar-refractivity contribution in [2.45, 2.75) is 20.0 Å². The van der Waals surface area contributed by atoms with Gasteiger partial charge in [0.2, 0.25) is 0 Å². The Morgan fingerprint density at radius 2 is 1.77 bits per heavy atom. The van der Waals surface area contributed by atoms with Gasteiger partial charge in [-0.2, -0.15) is 5.10 Å². The molecule has 0 unspecified atom stereocenters. The van der Waals surface area contributed by atoms with Crippen LogP contribution < -0.4 is 10.2 Å². The van der Waals surface area contributed by atoms with Crippen LogP contribution in [-0.4, -0.2) is 17.7 Å². The zero-order valence-electron chi connectivity index (χ0n) is 12.4. The highest BCUT2D eigenvalue weighted by molar-refractivity contribution is 6.30. The summed E-state index contributed by atoms with van der Waals surface area (Å²) in [4.78, 5) is 12.0. The minimum absolute atomic E-state index is 0.315. The number of rotatable bonds is 5. The molecule has 0 aliphatic rings. The lowest BCUT2D eigenvalue weighted by atomic mass is 10.1. The van der Waals surface area contributed by atoms with Crippen molar-refractivity contribution in [3.63, 3.8) is 0 Å². The first kappa shape index (κ1) is 16.0. The maximum absolute atomic E-state index is 12.0. The van der Waals surface area contributed by atoms with E-state index in [1.54, 1.807) is 31.2 Å².